The highest BCUT2D eigenvalue weighted by Crippen LogP contribution is 2.40. The molecule has 39 heavy (non-hydrogen) atoms. The molecule has 2 atom stereocenters. The molecule has 0 saturated carbocycles. The molecule has 5 heterocycles. The van der Waals surface area contributed by atoms with Crippen molar-refractivity contribution in [3.05, 3.63) is 40.7 Å². The summed E-state index contributed by atoms with van der Waals surface area (Å²) in [6.45, 7) is 2.30. The number of β-lactam (4-membered cyclic amide) rings is 1. The number of aromatic nitrogens is 4. The number of fused-ring (bicyclic) bond motifs is 2. The maximum atomic E-state index is 13.1. The van der Waals surface area contributed by atoms with Gasteiger partial charge in [-0.2, -0.15) is 13.8 Å². The zero-order valence-electron chi connectivity index (χ0n) is 20.3. The minimum atomic E-state index is -1.26. The molecule has 0 bridgehead atoms. The van der Waals surface area contributed by atoms with E-state index < -0.39 is 35.1 Å². The molecule has 0 aliphatic carbocycles. The number of amides is 3. The highest BCUT2D eigenvalue weighted by atomic mass is 32.2. The number of nitrogens with zero attached hydrogens (tertiary/aromatic N) is 6. The fourth-order valence-corrected chi connectivity index (χ4v) is 6.79. The number of carboxylic acid groups (broad SMARTS) is 1. The molecule has 0 spiro atoms. The van der Waals surface area contributed by atoms with Gasteiger partial charge in [0.2, 0.25) is 22.1 Å². The molecule has 1 saturated heterocycles. The van der Waals surface area contributed by atoms with Crippen molar-refractivity contribution in [2.75, 3.05) is 18.1 Å². The fraction of sp³-hybridized carbons (Fsp3) is 0.333. The third-order valence-corrected chi connectivity index (χ3v) is 8.58. The monoisotopic (exact) mass is 592 g/mol. The summed E-state index contributed by atoms with van der Waals surface area (Å²) in [6.07, 6.45) is 4.07. The van der Waals surface area contributed by atoms with E-state index in [1.165, 1.54) is 28.0 Å². The number of carboxylic acids is 1. The molecule has 0 aromatic carbocycles. The van der Waals surface area contributed by atoms with Crippen LogP contribution in [0.4, 0.5) is 5.13 Å². The van der Waals surface area contributed by atoms with Gasteiger partial charge in [-0.3, -0.25) is 19.3 Å². The molecule has 0 radical (unpaired) electrons. The number of hydrogen-bond donors (Lipinski definition) is 4. The van der Waals surface area contributed by atoms with Crippen molar-refractivity contribution in [2.45, 2.75) is 31.3 Å². The SMILES string of the molecule is CCCO/N=C(\C(=O)N[C@@H]1C(=O)N2C(C(=O)O)=C(C[n+]3cc4scc(C(N)=O)n4c3)CS[C@H]12)c1nsc(N)n1. The number of anilines is 1. The average molecular weight is 593 g/mol. The standard InChI is InChI=1S/C21H21N9O6S3/c1-2-3-36-26-12(16-25-21(23)39-27-16)17(32)24-13-18(33)30-14(20(34)35)9(6-38-19(13)30)4-28-5-11-29(8-28)10(7-37-11)15(22)31/h5,7-8,13,19H,2-4,6H2,1H3,(H5-,22,23,24,25,27,31,32,34,35)/p+1/b26-12-/t13-,19-/m1/s1. The van der Waals surface area contributed by atoms with Crippen LogP contribution in [0.2, 0.25) is 0 Å². The van der Waals surface area contributed by atoms with E-state index in [1.54, 1.807) is 26.9 Å². The van der Waals surface area contributed by atoms with Gasteiger partial charge in [-0.05, 0) is 6.42 Å². The quantitative estimate of drug-likeness (QED) is 0.0771. The Morgan fingerprint density at radius 2 is 2.18 bits per heavy atom. The van der Waals surface area contributed by atoms with Crippen molar-refractivity contribution >= 4 is 74.0 Å². The van der Waals surface area contributed by atoms with Crippen molar-refractivity contribution in [3.8, 4) is 0 Å². The first-order valence-electron chi connectivity index (χ1n) is 11.5. The number of imidazole rings is 1. The molecule has 18 heteroatoms. The summed E-state index contributed by atoms with van der Waals surface area (Å²) in [5.41, 5.74) is 11.5. The molecule has 15 nitrogen and oxygen atoms in total. The molecule has 2 aliphatic heterocycles. The van der Waals surface area contributed by atoms with E-state index in [2.05, 4.69) is 19.8 Å². The third-order valence-electron chi connectivity index (χ3n) is 5.81. The van der Waals surface area contributed by atoms with Gasteiger partial charge in [0, 0.05) is 28.2 Å². The highest BCUT2D eigenvalue weighted by Gasteiger charge is 2.54. The van der Waals surface area contributed by atoms with E-state index >= 15 is 0 Å². The number of oxime groups is 1. The number of rotatable bonds is 10. The van der Waals surface area contributed by atoms with Crippen LogP contribution in [0.25, 0.3) is 4.83 Å². The van der Waals surface area contributed by atoms with E-state index in [4.69, 9.17) is 16.3 Å². The lowest BCUT2D eigenvalue weighted by Crippen LogP contribution is -2.71. The lowest BCUT2D eigenvalue weighted by molar-refractivity contribution is -0.687. The summed E-state index contributed by atoms with van der Waals surface area (Å²) in [7, 11) is 0. The summed E-state index contributed by atoms with van der Waals surface area (Å²) in [5, 5.41) is 17.6. The Morgan fingerprint density at radius 3 is 2.85 bits per heavy atom. The number of nitrogens with two attached hydrogens (primary N) is 2. The lowest BCUT2D eigenvalue weighted by Gasteiger charge is -2.49. The van der Waals surface area contributed by atoms with Gasteiger partial charge in [0.05, 0.1) is 0 Å². The molecule has 3 amide bonds. The maximum absolute atomic E-state index is 13.1. The highest BCUT2D eigenvalue weighted by molar-refractivity contribution is 8.00. The number of nitrogen functional groups attached to an aromatic ring is 1. The van der Waals surface area contributed by atoms with Crippen LogP contribution in [0.3, 0.4) is 0 Å². The Labute approximate surface area is 232 Å². The minimum Gasteiger partial charge on any atom is -0.477 e. The van der Waals surface area contributed by atoms with Crippen molar-refractivity contribution < 1.29 is 33.7 Å². The molecule has 5 rings (SSSR count). The number of carbonyl (C=O) groups excluding carboxylic acids is 3. The predicted molar refractivity (Wildman–Crippen MR) is 141 cm³/mol. The lowest BCUT2D eigenvalue weighted by atomic mass is 10.0. The summed E-state index contributed by atoms with van der Waals surface area (Å²) in [5.74, 6) is -2.90. The number of nitrogens with one attached hydrogen (secondary N) is 1. The zero-order valence-corrected chi connectivity index (χ0v) is 22.7. The van der Waals surface area contributed by atoms with E-state index in [1.807, 2.05) is 6.92 Å². The van der Waals surface area contributed by atoms with Crippen LogP contribution in [-0.4, -0.2) is 76.9 Å². The van der Waals surface area contributed by atoms with E-state index in [9.17, 15) is 24.3 Å². The first kappa shape index (κ1) is 26.6. The number of hydrogen-bond acceptors (Lipinski definition) is 12. The van der Waals surface area contributed by atoms with E-state index in [0.29, 0.717) is 23.4 Å². The van der Waals surface area contributed by atoms with E-state index in [-0.39, 0.29) is 35.5 Å². The Balaban J connectivity index is 1.35. The fourth-order valence-electron chi connectivity index (χ4n) is 4.10. The van der Waals surface area contributed by atoms with Crippen LogP contribution in [0, 0.1) is 0 Å². The maximum Gasteiger partial charge on any atom is 0.352 e. The second-order valence-electron chi connectivity index (χ2n) is 8.46. The van der Waals surface area contributed by atoms with Crippen molar-refractivity contribution in [1.82, 2.24) is 24.0 Å². The second kappa shape index (κ2) is 10.6. The number of aliphatic carboxylic acids is 1. The normalized spacial score (nSPS) is 19.2. The number of carbonyl (C=O) groups is 4. The summed E-state index contributed by atoms with van der Waals surface area (Å²) in [4.78, 5) is 61.1. The van der Waals surface area contributed by atoms with Crippen LogP contribution >= 0.6 is 34.6 Å². The van der Waals surface area contributed by atoms with Crippen LogP contribution in [0.5, 0.6) is 0 Å². The van der Waals surface area contributed by atoms with Crippen LogP contribution in [0.1, 0.15) is 29.7 Å². The van der Waals surface area contributed by atoms with Crippen LogP contribution < -0.4 is 21.4 Å². The average Bonchev–Trinajstić information content (AvgIpc) is 3.60. The molecule has 3 aromatic heterocycles. The van der Waals surface area contributed by atoms with Gasteiger partial charge in [-0.25, -0.2) is 9.36 Å². The van der Waals surface area contributed by atoms with Gasteiger partial charge < -0.3 is 26.7 Å². The van der Waals surface area contributed by atoms with Crippen molar-refractivity contribution in [1.29, 1.82) is 0 Å². The van der Waals surface area contributed by atoms with Gasteiger partial charge in [0.1, 0.15) is 36.5 Å². The smallest absolute Gasteiger partial charge is 0.352 e. The van der Waals surface area contributed by atoms with Gasteiger partial charge in [-0.15, -0.1) is 11.8 Å². The van der Waals surface area contributed by atoms with Crippen molar-refractivity contribution in [3.63, 3.8) is 0 Å². The molecule has 2 aliphatic rings. The first-order valence-corrected chi connectivity index (χ1v) is 14.2. The Morgan fingerprint density at radius 1 is 1.38 bits per heavy atom. The molecule has 6 N–H and O–H groups in total. The topological polar surface area (TPSA) is 211 Å². The van der Waals surface area contributed by atoms with Crippen molar-refractivity contribution in [2.24, 2.45) is 10.9 Å². The van der Waals surface area contributed by atoms with Gasteiger partial charge in [-0.1, -0.05) is 23.4 Å². The van der Waals surface area contributed by atoms with Gasteiger partial charge in [0.25, 0.3) is 24.0 Å². The molecule has 204 valence electrons. The minimum absolute atomic E-state index is 0.0385. The predicted octanol–water partition coefficient (Wildman–Crippen LogP) is -0.610. The van der Waals surface area contributed by atoms with Gasteiger partial charge >= 0.3 is 5.97 Å². The Bertz CT molecular complexity index is 1560. The van der Waals surface area contributed by atoms with Gasteiger partial charge in [0.15, 0.2) is 5.13 Å². The number of thioether (sulfide) groups is 1. The van der Waals surface area contributed by atoms with Crippen LogP contribution in [0.15, 0.2) is 34.3 Å². The summed E-state index contributed by atoms with van der Waals surface area (Å²) >= 11 is 3.53. The summed E-state index contributed by atoms with van der Waals surface area (Å²) < 4.78 is 7.35. The zero-order chi connectivity index (χ0) is 27.8. The van der Waals surface area contributed by atoms with Crippen LogP contribution in [-0.2, 0) is 25.8 Å². The molecule has 1 fully saturated rings. The number of primary amides is 1. The molecular weight excluding hydrogens is 570 g/mol. The Hall–Kier alpha value is -4.03. The third kappa shape index (κ3) is 4.92. The number of thiazole rings is 1. The Kier molecular flexibility index (Phi) is 7.23. The largest absolute Gasteiger partial charge is 0.477 e. The molecular formula is C21H22N9O6S3+. The first-order chi connectivity index (χ1) is 18.7. The molecule has 0 unspecified atom stereocenters. The summed E-state index contributed by atoms with van der Waals surface area (Å²) in [6, 6.07) is -0.989. The molecule has 3 aromatic rings. The van der Waals surface area contributed by atoms with E-state index in [0.717, 1.165) is 16.4 Å². The second-order valence-corrected chi connectivity index (χ2v) is 11.2.